The SMILES string of the molecule is COc1cc(Cl)ccc1-c1ncc(C#N)c2cc(S(=O)(=O)Nc3nccs3)ccc12. The molecule has 0 aliphatic carbocycles. The lowest BCUT2D eigenvalue weighted by Crippen LogP contribution is -2.12. The Labute approximate surface area is 181 Å². The molecule has 0 radical (unpaired) electrons. The molecule has 0 aliphatic heterocycles. The zero-order valence-corrected chi connectivity index (χ0v) is 17.8. The van der Waals surface area contributed by atoms with Crippen LogP contribution in [0.5, 0.6) is 5.75 Å². The maximum Gasteiger partial charge on any atom is 0.263 e. The number of sulfonamides is 1. The maximum absolute atomic E-state index is 12.8. The predicted molar refractivity (Wildman–Crippen MR) is 116 cm³/mol. The van der Waals surface area contributed by atoms with E-state index in [1.54, 1.807) is 29.6 Å². The average molecular weight is 457 g/mol. The van der Waals surface area contributed by atoms with E-state index in [-0.39, 0.29) is 15.6 Å². The molecule has 150 valence electrons. The first-order valence-corrected chi connectivity index (χ1v) is 11.3. The van der Waals surface area contributed by atoms with E-state index in [9.17, 15) is 13.7 Å². The summed E-state index contributed by atoms with van der Waals surface area (Å²) in [6.07, 6.45) is 2.92. The number of nitrogens with one attached hydrogen (secondary N) is 1. The zero-order chi connectivity index (χ0) is 21.3. The highest BCUT2D eigenvalue weighted by atomic mass is 35.5. The lowest BCUT2D eigenvalue weighted by atomic mass is 10.0. The molecule has 0 aliphatic rings. The number of aromatic nitrogens is 2. The Kier molecular flexibility index (Phi) is 5.30. The molecule has 1 N–H and O–H groups in total. The van der Waals surface area contributed by atoms with E-state index in [0.29, 0.717) is 32.8 Å². The van der Waals surface area contributed by atoms with Gasteiger partial charge in [0.25, 0.3) is 10.0 Å². The second kappa shape index (κ2) is 7.91. The molecule has 2 aromatic carbocycles. The minimum absolute atomic E-state index is 0.0157. The minimum Gasteiger partial charge on any atom is -0.496 e. The van der Waals surface area contributed by atoms with Crippen molar-refractivity contribution >= 4 is 48.9 Å². The Morgan fingerprint density at radius 2 is 2.00 bits per heavy atom. The number of hydrogen-bond donors (Lipinski definition) is 1. The maximum atomic E-state index is 12.8. The lowest BCUT2D eigenvalue weighted by molar-refractivity contribution is 0.416. The van der Waals surface area contributed by atoms with Gasteiger partial charge in [-0.15, -0.1) is 11.3 Å². The van der Waals surface area contributed by atoms with Crippen LogP contribution in [0.25, 0.3) is 22.0 Å². The Hall–Kier alpha value is -3.19. The molecule has 0 fully saturated rings. The second-order valence-corrected chi connectivity index (χ2v) is 9.14. The summed E-state index contributed by atoms with van der Waals surface area (Å²) < 4.78 is 33.4. The molecule has 0 bridgehead atoms. The molecule has 2 heterocycles. The van der Waals surface area contributed by atoms with Gasteiger partial charge in [-0.05, 0) is 30.3 Å². The number of hydrogen-bond acceptors (Lipinski definition) is 7. The normalized spacial score (nSPS) is 11.2. The third-order valence-electron chi connectivity index (χ3n) is 4.36. The van der Waals surface area contributed by atoms with Gasteiger partial charge in [-0.25, -0.2) is 13.4 Å². The highest BCUT2D eigenvalue weighted by Gasteiger charge is 2.19. The molecule has 0 saturated heterocycles. The Bertz CT molecular complexity index is 1400. The van der Waals surface area contributed by atoms with Crippen LogP contribution in [0.15, 0.2) is 59.1 Å². The minimum atomic E-state index is -3.87. The lowest BCUT2D eigenvalue weighted by Gasteiger charge is -2.13. The molecule has 10 heteroatoms. The van der Waals surface area contributed by atoms with Gasteiger partial charge in [-0.1, -0.05) is 17.7 Å². The van der Waals surface area contributed by atoms with Gasteiger partial charge in [0.1, 0.15) is 11.8 Å². The number of ether oxygens (including phenoxy) is 1. The van der Waals surface area contributed by atoms with Crippen LogP contribution in [0.2, 0.25) is 5.02 Å². The van der Waals surface area contributed by atoms with Gasteiger partial charge in [0, 0.05) is 39.1 Å². The molecule has 4 aromatic rings. The fourth-order valence-corrected chi connectivity index (χ4v) is 4.98. The molecule has 0 unspecified atom stereocenters. The number of rotatable bonds is 5. The Morgan fingerprint density at radius 1 is 1.17 bits per heavy atom. The zero-order valence-electron chi connectivity index (χ0n) is 15.5. The topological polar surface area (TPSA) is 105 Å². The summed E-state index contributed by atoms with van der Waals surface area (Å²) in [6.45, 7) is 0. The number of fused-ring (bicyclic) bond motifs is 1. The van der Waals surface area contributed by atoms with Crippen molar-refractivity contribution in [1.29, 1.82) is 5.26 Å². The summed E-state index contributed by atoms with van der Waals surface area (Å²) in [5.41, 5.74) is 1.48. The molecule has 30 heavy (non-hydrogen) atoms. The van der Waals surface area contributed by atoms with Crippen LogP contribution in [-0.4, -0.2) is 25.5 Å². The van der Waals surface area contributed by atoms with E-state index in [4.69, 9.17) is 16.3 Å². The first-order valence-electron chi connectivity index (χ1n) is 8.52. The van der Waals surface area contributed by atoms with Crippen molar-refractivity contribution in [3.05, 3.63) is 64.8 Å². The van der Waals surface area contributed by atoms with E-state index in [2.05, 4.69) is 20.8 Å². The highest BCUT2D eigenvalue weighted by molar-refractivity contribution is 7.93. The van der Waals surface area contributed by atoms with E-state index >= 15 is 0 Å². The fourth-order valence-electron chi connectivity index (χ4n) is 3.00. The van der Waals surface area contributed by atoms with E-state index < -0.39 is 10.0 Å². The molecule has 0 amide bonds. The van der Waals surface area contributed by atoms with E-state index in [1.807, 2.05) is 0 Å². The summed E-state index contributed by atoms with van der Waals surface area (Å²) in [5.74, 6) is 0.517. The number of thiazole rings is 1. The molecule has 0 saturated carbocycles. The van der Waals surface area contributed by atoms with Crippen molar-refractivity contribution < 1.29 is 13.2 Å². The van der Waals surface area contributed by atoms with Gasteiger partial charge in [0.2, 0.25) is 0 Å². The smallest absolute Gasteiger partial charge is 0.263 e. The monoisotopic (exact) mass is 456 g/mol. The van der Waals surface area contributed by atoms with Gasteiger partial charge in [0.05, 0.1) is 23.3 Å². The summed E-state index contributed by atoms with van der Waals surface area (Å²) in [4.78, 5) is 8.38. The third-order valence-corrected chi connectivity index (χ3v) is 6.75. The standard InChI is InChI=1S/C20H13ClN4O3S2/c1-28-18-8-13(21)2-4-16(18)19-15-5-3-14(9-17(15)12(10-22)11-24-19)30(26,27)25-20-23-6-7-29-20/h2-9,11H,1H3,(H,23,25). The van der Waals surface area contributed by atoms with Crippen LogP contribution in [-0.2, 0) is 10.0 Å². The quantitative estimate of drug-likeness (QED) is 0.467. The van der Waals surface area contributed by atoms with Crippen molar-refractivity contribution in [2.75, 3.05) is 11.8 Å². The van der Waals surface area contributed by atoms with Gasteiger partial charge in [-0.2, -0.15) is 5.26 Å². The van der Waals surface area contributed by atoms with Crippen molar-refractivity contribution in [2.45, 2.75) is 4.90 Å². The largest absolute Gasteiger partial charge is 0.496 e. The predicted octanol–water partition coefficient (Wildman–Crippen LogP) is 4.69. The molecule has 0 spiro atoms. The first-order chi connectivity index (χ1) is 14.4. The van der Waals surface area contributed by atoms with Crippen LogP contribution >= 0.6 is 22.9 Å². The molecule has 7 nitrogen and oxygen atoms in total. The van der Waals surface area contributed by atoms with Crippen LogP contribution in [0.4, 0.5) is 5.13 Å². The van der Waals surface area contributed by atoms with Crippen molar-refractivity contribution in [2.24, 2.45) is 0 Å². The van der Waals surface area contributed by atoms with Crippen LogP contribution < -0.4 is 9.46 Å². The third kappa shape index (κ3) is 3.68. The Balaban J connectivity index is 1.90. The summed E-state index contributed by atoms with van der Waals surface area (Å²) in [5, 5.41) is 13.0. The number of methoxy groups -OCH3 is 1. The number of nitrogens with zero attached hydrogens (tertiary/aromatic N) is 3. The fraction of sp³-hybridized carbons (Fsp3) is 0.0500. The van der Waals surface area contributed by atoms with E-state index in [1.165, 1.54) is 43.0 Å². The van der Waals surface area contributed by atoms with Gasteiger partial charge in [0.15, 0.2) is 5.13 Å². The number of nitriles is 1. The molecular formula is C20H13ClN4O3S2. The molecule has 0 atom stereocenters. The molecule has 2 aromatic heterocycles. The Morgan fingerprint density at radius 3 is 2.70 bits per heavy atom. The van der Waals surface area contributed by atoms with Gasteiger partial charge in [-0.3, -0.25) is 9.71 Å². The van der Waals surface area contributed by atoms with Crippen molar-refractivity contribution in [1.82, 2.24) is 9.97 Å². The summed E-state index contributed by atoms with van der Waals surface area (Å²) in [7, 11) is -2.35. The van der Waals surface area contributed by atoms with Crippen LogP contribution in [0.1, 0.15) is 5.56 Å². The van der Waals surface area contributed by atoms with Gasteiger partial charge < -0.3 is 4.74 Å². The second-order valence-electron chi connectivity index (χ2n) is 6.13. The van der Waals surface area contributed by atoms with Crippen LogP contribution in [0.3, 0.4) is 0 Å². The molecule has 4 rings (SSSR count). The number of anilines is 1. The van der Waals surface area contributed by atoms with E-state index in [0.717, 1.165) is 0 Å². The number of pyridine rings is 1. The highest BCUT2D eigenvalue weighted by Crippen LogP contribution is 2.37. The van der Waals surface area contributed by atoms with Crippen molar-refractivity contribution in [3.8, 4) is 23.1 Å². The number of benzene rings is 2. The van der Waals surface area contributed by atoms with Crippen LogP contribution in [0, 0.1) is 11.3 Å². The van der Waals surface area contributed by atoms with Crippen molar-refractivity contribution in [3.63, 3.8) is 0 Å². The summed E-state index contributed by atoms with van der Waals surface area (Å²) >= 11 is 7.23. The average Bonchev–Trinajstić information content (AvgIpc) is 3.25. The number of halogens is 1. The molecular weight excluding hydrogens is 444 g/mol. The van der Waals surface area contributed by atoms with Gasteiger partial charge >= 0.3 is 0 Å². The summed E-state index contributed by atoms with van der Waals surface area (Å²) in [6, 6.07) is 11.8. The first kappa shape index (κ1) is 20.1.